The molecule has 0 amide bonds. The second-order valence-electron chi connectivity index (χ2n) is 3.45. The lowest BCUT2D eigenvalue weighted by molar-refractivity contribution is -0.132. The van der Waals surface area contributed by atoms with Gasteiger partial charge < -0.3 is 15.0 Å². The zero-order chi connectivity index (χ0) is 14.4. The molecule has 0 aromatic heterocycles. The number of benzene rings is 1. The Kier molecular flexibility index (Phi) is 4.68. The molecule has 0 atom stereocenters. The Bertz CT molecular complexity index is 588. The fourth-order valence-corrected chi connectivity index (χ4v) is 1.30. The minimum absolute atomic E-state index is 0.00361. The van der Waals surface area contributed by atoms with Crippen LogP contribution in [-0.2, 0) is 9.59 Å². The maximum absolute atomic E-state index is 11.6. The standard InChI is InChI=1S/C12H10N2O5/c1-7(15)18-9-3-4-10(11(17)6-14-13)12(5-9)19-8(2)16/h3-6H,1-2H3. The van der Waals surface area contributed by atoms with Crippen molar-refractivity contribution in [3.8, 4) is 11.5 Å². The van der Waals surface area contributed by atoms with Crippen molar-refractivity contribution in [1.82, 2.24) is 0 Å². The van der Waals surface area contributed by atoms with Gasteiger partial charge in [-0.15, -0.1) is 0 Å². The molecule has 0 heterocycles. The quantitative estimate of drug-likeness (QED) is 0.201. The van der Waals surface area contributed by atoms with Crippen LogP contribution in [0, 0.1) is 0 Å². The Hall–Kier alpha value is -2.79. The minimum Gasteiger partial charge on any atom is -0.427 e. The molecule has 0 aliphatic rings. The third-order valence-electron chi connectivity index (χ3n) is 1.91. The predicted molar refractivity (Wildman–Crippen MR) is 63.1 cm³/mol. The summed E-state index contributed by atoms with van der Waals surface area (Å²) in [6.45, 7) is 2.37. The number of hydrogen-bond acceptors (Lipinski definition) is 5. The monoisotopic (exact) mass is 262 g/mol. The van der Waals surface area contributed by atoms with E-state index in [4.69, 9.17) is 15.0 Å². The number of nitrogens with zero attached hydrogens (tertiary/aromatic N) is 2. The van der Waals surface area contributed by atoms with Crippen molar-refractivity contribution in [2.24, 2.45) is 0 Å². The summed E-state index contributed by atoms with van der Waals surface area (Å²) in [6.07, 6.45) is 0.661. The summed E-state index contributed by atoms with van der Waals surface area (Å²) >= 11 is 0. The fraction of sp³-hybridized carbons (Fsp3) is 0.167. The molecule has 98 valence electrons. The van der Waals surface area contributed by atoms with E-state index < -0.39 is 17.7 Å². The topological polar surface area (TPSA) is 106 Å². The van der Waals surface area contributed by atoms with Crippen molar-refractivity contribution in [2.75, 3.05) is 0 Å². The average molecular weight is 262 g/mol. The Labute approximate surface area is 108 Å². The van der Waals surface area contributed by atoms with E-state index >= 15 is 0 Å². The molecule has 0 radical (unpaired) electrons. The van der Waals surface area contributed by atoms with Crippen LogP contribution in [0.2, 0.25) is 0 Å². The average Bonchev–Trinajstić information content (AvgIpc) is 2.27. The van der Waals surface area contributed by atoms with E-state index in [0.717, 1.165) is 6.92 Å². The van der Waals surface area contributed by atoms with Crippen LogP contribution >= 0.6 is 0 Å². The van der Waals surface area contributed by atoms with E-state index in [1.165, 1.54) is 25.1 Å². The smallest absolute Gasteiger partial charge is 0.328 e. The molecule has 1 aromatic rings. The maximum Gasteiger partial charge on any atom is 0.328 e. The number of Topliss-reactive ketones (excluding diaryl/α,β-unsaturated/α-hetero) is 1. The molecule has 19 heavy (non-hydrogen) atoms. The van der Waals surface area contributed by atoms with Crippen LogP contribution in [0.25, 0.3) is 5.53 Å². The molecule has 0 spiro atoms. The molecule has 0 saturated carbocycles. The summed E-state index contributed by atoms with van der Waals surface area (Å²) in [5, 5.41) is 0. The third-order valence-corrected chi connectivity index (χ3v) is 1.91. The Balaban J connectivity index is 3.22. The second kappa shape index (κ2) is 6.23. The first-order valence-electron chi connectivity index (χ1n) is 5.16. The molecule has 0 N–H and O–H groups in total. The molecule has 0 aliphatic heterocycles. The third kappa shape index (κ3) is 4.18. The Morgan fingerprint density at radius 1 is 1.16 bits per heavy atom. The van der Waals surface area contributed by atoms with Gasteiger partial charge in [-0.05, 0) is 12.1 Å². The SMILES string of the molecule is CC(=O)Oc1ccc(C(=O)C=[N+]=[N-])c(OC(C)=O)c1. The zero-order valence-electron chi connectivity index (χ0n) is 10.2. The molecule has 7 heteroatoms. The minimum atomic E-state index is -0.659. The van der Waals surface area contributed by atoms with E-state index in [2.05, 4.69) is 4.79 Å². The molecule has 0 saturated heterocycles. The summed E-state index contributed by atoms with van der Waals surface area (Å²) in [7, 11) is 0. The van der Waals surface area contributed by atoms with Gasteiger partial charge >= 0.3 is 18.2 Å². The van der Waals surface area contributed by atoms with E-state index in [-0.39, 0.29) is 17.1 Å². The highest BCUT2D eigenvalue weighted by Crippen LogP contribution is 2.25. The van der Waals surface area contributed by atoms with Gasteiger partial charge in [-0.3, -0.25) is 14.4 Å². The normalized spacial score (nSPS) is 9.16. The number of ketones is 1. The lowest BCUT2D eigenvalue weighted by Gasteiger charge is -2.07. The number of ether oxygens (including phenoxy) is 2. The highest BCUT2D eigenvalue weighted by molar-refractivity contribution is 6.34. The number of rotatable bonds is 4. The summed E-state index contributed by atoms with van der Waals surface area (Å²) < 4.78 is 9.65. The molecule has 7 nitrogen and oxygen atoms in total. The van der Waals surface area contributed by atoms with Crippen LogP contribution in [0.15, 0.2) is 18.2 Å². The van der Waals surface area contributed by atoms with E-state index in [1.54, 1.807) is 0 Å². The fourth-order valence-electron chi connectivity index (χ4n) is 1.30. The number of carbonyl (C=O) groups excluding carboxylic acids is 3. The van der Waals surface area contributed by atoms with Crippen molar-refractivity contribution in [1.29, 1.82) is 0 Å². The lowest BCUT2D eigenvalue weighted by Crippen LogP contribution is -2.10. The molecule has 1 rings (SSSR count). The summed E-state index contributed by atoms with van der Waals surface area (Å²) in [6, 6.07) is 3.87. The van der Waals surface area contributed by atoms with Gasteiger partial charge in [-0.2, -0.15) is 4.79 Å². The first-order valence-corrected chi connectivity index (χ1v) is 5.16. The van der Waals surface area contributed by atoms with Crippen molar-refractivity contribution in [2.45, 2.75) is 13.8 Å². The van der Waals surface area contributed by atoms with Crippen LogP contribution in [-0.4, -0.2) is 28.7 Å². The first-order chi connectivity index (χ1) is 8.93. The molecule has 0 unspecified atom stereocenters. The second-order valence-corrected chi connectivity index (χ2v) is 3.45. The van der Waals surface area contributed by atoms with Crippen LogP contribution in [0.4, 0.5) is 0 Å². The zero-order valence-corrected chi connectivity index (χ0v) is 10.2. The molecule has 0 fully saturated rings. The molecule has 0 bridgehead atoms. The van der Waals surface area contributed by atoms with E-state index in [1.807, 2.05) is 0 Å². The van der Waals surface area contributed by atoms with Crippen molar-refractivity contribution in [3.05, 3.63) is 29.3 Å². The number of esters is 2. The summed E-state index contributed by atoms with van der Waals surface area (Å²) in [5.41, 5.74) is 8.32. The highest BCUT2D eigenvalue weighted by atomic mass is 16.5. The number of carbonyl (C=O) groups is 3. The largest absolute Gasteiger partial charge is 0.427 e. The highest BCUT2D eigenvalue weighted by Gasteiger charge is 2.17. The van der Waals surface area contributed by atoms with Gasteiger partial charge in [0.25, 0.3) is 5.78 Å². The maximum atomic E-state index is 11.6. The Morgan fingerprint density at radius 3 is 2.32 bits per heavy atom. The van der Waals surface area contributed by atoms with Gasteiger partial charge in [0.2, 0.25) is 0 Å². The van der Waals surface area contributed by atoms with Crippen LogP contribution in [0.3, 0.4) is 0 Å². The van der Waals surface area contributed by atoms with Crippen molar-refractivity contribution < 1.29 is 28.6 Å². The van der Waals surface area contributed by atoms with E-state index in [9.17, 15) is 14.4 Å². The lowest BCUT2D eigenvalue weighted by atomic mass is 10.1. The van der Waals surface area contributed by atoms with Crippen LogP contribution < -0.4 is 9.47 Å². The van der Waals surface area contributed by atoms with Gasteiger partial charge in [0.05, 0.1) is 5.56 Å². The van der Waals surface area contributed by atoms with E-state index in [0.29, 0.717) is 6.21 Å². The van der Waals surface area contributed by atoms with Gasteiger partial charge in [-0.1, -0.05) is 0 Å². The van der Waals surface area contributed by atoms with Crippen LogP contribution in [0.1, 0.15) is 24.2 Å². The molecule has 1 aromatic carbocycles. The predicted octanol–water partition coefficient (Wildman–Crippen LogP) is 1.02. The van der Waals surface area contributed by atoms with Gasteiger partial charge in [0.15, 0.2) is 0 Å². The number of hydrogen-bond donors (Lipinski definition) is 0. The van der Waals surface area contributed by atoms with Gasteiger partial charge in [0, 0.05) is 19.9 Å². The summed E-state index contributed by atoms with van der Waals surface area (Å²) in [5.74, 6) is -1.81. The van der Waals surface area contributed by atoms with Gasteiger partial charge in [0.1, 0.15) is 11.5 Å². The molecular weight excluding hydrogens is 252 g/mol. The van der Waals surface area contributed by atoms with Crippen molar-refractivity contribution in [3.63, 3.8) is 0 Å². The Morgan fingerprint density at radius 2 is 1.79 bits per heavy atom. The molecular formula is C12H10N2O5. The van der Waals surface area contributed by atoms with Crippen molar-refractivity contribution >= 4 is 23.9 Å². The summed E-state index contributed by atoms with van der Waals surface area (Å²) in [4.78, 5) is 35.9. The van der Waals surface area contributed by atoms with Crippen LogP contribution in [0.5, 0.6) is 11.5 Å². The molecule has 0 aliphatic carbocycles. The van der Waals surface area contributed by atoms with Gasteiger partial charge in [-0.25, -0.2) is 0 Å². The first kappa shape index (κ1) is 14.3.